The topological polar surface area (TPSA) is 38.7 Å². The number of hydrogen-bond acceptors (Lipinski definition) is 2. The van der Waals surface area contributed by atoms with E-state index in [1.54, 1.807) is 0 Å². The molecule has 0 aliphatic carbocycles. The lowest BCUT2D eigenvalue weighted by Crippen LogP contribution is -2.39. The number of carbonyl (C=O) groups is 1. The van der Waals surface area contributed by atoms with E-state index in [4.69, 9.17) is 4.74 Å². The van der Waals surface area contributed by atoms with E-state index in [0.29, 0.717) is 0 Å². The van der Waals surface area contributed by atoms with E-state index in [0.717, 1.165) is 19.3 Å². The number of unbranched alkanes of at least 4 members (excludes halogenated alkanes) is 13. The zero-order valence-corrected chi connectivity index (χ0v) is 18.4. The van der Waals surface area contributed by atoms with Crippen LogP contribution < -0.4 is 0 Å². The SMILES string of the molecule is CCCCCCCCCCCCCCCCC(CC)(CC)C1OC=NC1=O. The van der Waals surface area contributed by atoms with Crippen molar-refractivity contribution in [3.63, 3.8) is 0 Å². The van der Waals surface area contributed by atoms with Crippen LogP contribution in [0.3, 0.4) is 0 Å². The van der Waals surface area contributed by atoms with Crippen LogP contribution in [0.15, 0.2) is 4.99 Å². The third kappa shape index (κ3) is 9.25. The zero-order valence-electron chi connectivity index (χ0n) is 18.4. The molecular weight excluding hydrogens is 334 g/mol. The van der Waals surface area contributed by atoms with Crippen molar-refractivity contribution in [1.82, 2.24) is 0 Å². The minimum Gasteiger partial charge on any atom is -0.469 e. The Labute approximate surface area is 168 Å². The summed E-state index contributed by atoms with van der Waals surface area (Å²) in [6, 6.07) is 0. The van der Waals surface area contributed by atoms with E-state index in [9.17, 15) is 4.79 Å². The maximum Gasteiger partial charge on any atom is 0.290 e. The highest BCUT2D eigenvalue weighted by molar-refractivity contribution is 5.92. The summed E-state index contributed by atoms with van der Waals surface area (Å²) < 4.78 is 5.54. The Kier molecular flexibility index (Phi) is 13.5. The van der Waals surface area contributed by atoms with E-state index >= 15 is 0 Å². The Morgan fingerprint density at radius 1 is 0.778 bits per heavy atom. The average molecular weight is 380 g/mol. The van der Waals surface area contributed by atoms with Gasteiger partial charge >= 0.3 is 0 Å². The fraction of sp³-hybridized carbons (Fsp3) is 0.917. The molecular formula is C24H45NO2. The van der Waals surface area contributed by atoms with E-state index in [1.807, 2.05) is 0 Å². The van der Waals surface area contributed by atoms with Gasteiger partial charge in [0.2, 0.25) is 0 Å². The molecule has 0 aromatic rings. The second kappa shape index (κ2) is 15.1. The van der Waals surface area contributed by atoms with E-state index in [2.05, 4.69) is 25.8 Å². The largest absolute Gasteiger partial charge is 0.469 e. The van der Waals surface area contributed by atoms with Crippen LogP contribution in [-0.4, -0.2) is 18.4 Å². The quantitative estimate of drug-likeness (QED) is 0.230. The van der Waals surface area contributed by atoms with Crippen molar-refractivity contribution in [3.05, 3.63) is 0 Å². The molecule has 27 heavy (non-hydrogen) atoms. The zero-order chi connectivity index (χ0) is 19.8. The molecule has 1 atom stereocenters. The van der Waals surface area contributed by atoms with Gasteiger partial charge in [-0.2, -0.15) is 4.99 Å². The minimum absolute atomic E-state index is 0.0231. The van der Waals surface area contributed by atoms with E-state index in [-0.39, 0.29) is 17.4 Å². The van der Waals surface area contributed by atoms with Gasteiger partial charge in [0.25, 0.3) is 5.91 Å². The lowest BCUT2D eigenvalue weighted by molar-refractivity contribution is -0.129. The molecule has 158 valence electrons. The molecule has 1 aliphatic heterocycles. The summed E-state index contributed by atoms with van der Waals surface area (Å²) in [5.41, 5.74) is -0.0231. The molecule has 0 spiro atoms. The van der Waals surface area contributed by atoms with Gasteiger partial charge in [0.1, 0.15) is 0 Å². The summed E-state index contributed by atoms with van der Waals surface area (Å²) in [6.07, 6.45) is 23.4. The van der Waals surface area contributed by atoms with E-state index in [1.165, 1.54) is 96.3 Å². The van der Waals surface area contributed by atoms with Crippen LogP contribution in [0.25, 0.3) is 0 Å². The van der Waals surface area contributed by atoms with Gasteiger partial charge in [-0.25, -0.2) is 0 Å². The number of hydrogen-bond donors (Lipinski definition) is 0. The molecule has 0 saturated heterocycles. The highest BCUT2D eigenvalue weighted by atomic mass is 16.5. The average Bonchev–Trinajstić information content (AvgIpc) is 3.12. The summed E-state index contributed by atoms with van der Waals surface area (Å²) in [5.74, 6) is -0.0796. The Balaban J connectivity index is 1.99. The maximum atomic E-state index is 12.0. The van der Waals surface area contributed by atoms with Crippen molar-refractivity contribution in [3.8, 4) is 0 Å². The predicted molar refractivity (Wildman–Crippen MR) is 116 cm³/mol. The van der Waals surface area contributed by atoms with Crippen LogP contribution in [-0.2, 0) is 9.53 Å². The molecule has 1 heterocycles. The first-order valence-corrected chi connectivity index (χ1v) is 11.9. The summed E-state index contributed by atoms with van der Waals surface area (Å²) >= 11 is 0. The van der Waals surface area contributed by atoms with Crippen LogP contribution in [0, 0.1) is 5.41 Å². The van der Waals surface area contributed by atoms with Gasteiger partial charge < -0.3 is 4.74 Å². The smallest absolute Gasteiger partial charge is 0.290 e. The van der Waals surface area contributed by atoms with Crippen molar-refractivity contribution in [2.45, 2.75) is 136 Å². The fourth-order valence-electron chi connectivity index (χ4n) is 4.45. The molecule has 0 aromatic carbocycles. The molecule has 0 aromatic heterocycles. The van der Waals surface area contributed by atoms with Crippen LogP contribution in [0.2, 0.25) is 0 Å². The van der Waals surface area contributed by atoms with Crippen molar-refractivity contribution in [1.29, 1.82) is 0 Å². The predicted octanol–water partition coefficient (Wildman–Crippen LogP) is 7.62. The Bertz CT molecular complexity index is 401. The van der Waals surface area contributed by atoms with Gasteiger partial charge in [-0.1, -0.05) is 111 Å². The summed E-state index contributed by atoms with van der Waals surface area (Å²) in [6.45, 7) is 6.65. The van der Waals surface area contributed by atoms with Crippen molar-refractivity contribution in [2.24, 2.45) is 10.4 Å². The molecule has 0 radical (unpaired) electrons. The highest BCUT2D eigenvalue weighted by Gasteiger charge is 2.43. The summed E-state index contributed by atoms with van der Waals surface area (Å²) in [5, 5.41) is 0. The number of carbonyl (C=O) groups excluding carboxylic acids is 1. The summed E-state index contributed by atoms with van der Waals surface area (Å²) in [7, 11) is 0. The lowest BCUT2D eigenvalue weighted by Gasteiger charge is -2.35. The third-order valence-electron chi connectivity index (χ3n) is 6.59. The first-order valence-electron chi connectivity index (χ1n) is 11.9. The minimum atomic E-state index is -0.338. The van der Waals surface area contributed by atoms with Crippen molar-refractivity contribution >= 4 is 12.3 Å². The Morgan fingerprint density at radius 3 is 1.59 bits per heavy atom. The number of nitrogens with zero attached hydrogens (tertiary/aromatic N) is 1. The number of aliphatic imine (C=N–C) groups is 1. The van der Waals surface area contributed by atoms with Crippen LogP contribution in [0.5, 0.6) is 0 Å². The van der Waals surface area contributed by atoms with Crippen molar-refractivity contribution < 1.29 is 9.53 Å². The maximum absolute atomic E-state index is 12.0. The molecule has 0 saturated carbocycles. The van der Waals surface area contributed by atoms with Crippen molar-refractivity contribution in [2.75, 3.05) is 0 Å². The Morgan fingerprint density at radius 2 is 1.22 bits per heavy atom. The number of amides is 1. The fourth-order valence-corrected chi connectivity index (χ4v) is 4.45. The lowest BCUT2D eigenvalue weighted by atomic mass is 9.72. The molecule has 1 aliphatic rings. The van der Waals surface area contributed by atoms with Gasteiger partial charge in [0.05, 0.1) is 0 Å². The second-order valence-electron chi connectivity index (χ2n) is 8.50. The number of rotatable bonds is 18. The van der Waals surface area contributed by atoms with Crippen LogP contribution in [0.4, 0.5) is 0 Å². The Hall–Kier alpha value is -0.860. The van der Waals surface area contributed by atoms with Gasteiger partial charge in [0.15, 0.2) is 12.5 Å². The number of ether oxygens (including phenoxy) is 1. The standard InChI is InChI=1S/C24H45NO2/c1-4-7-8-9-10-11-12-13-14-15-16-17-18-19-20-24(5-2,6-3)22-23(26)25-21-27-22/h21-22H,4-20H2,1-3H3. The van der Waals surface area contributed by atoms with Gasteiger partial charge in [-0.05, 0) is 19.3 Å². The molecule has 1 unspecified atom stereocenters. The second-order valence-corrected chi connectivity index (χ2v) is 8.50. The molecule has 3 heteroatoms. The van der Waals surface area contributed by atoms with Crippen LogP contribution in [0.1, 0.15) is 130 Å². The first-order chi connectivity index (χ1) is 13.2. The molecule has 0 bridgehead atoms. The van der Waals surface area contributed by atoms with Crippen LogP contribution >= 0.6 is 0 Å². The molecule has 1 amide bonds. The van der Waals surface area contributed by atoms with Gasteiger partial charge in [-0.15, -0.1) is 0 Å². The van der Waals surface area contributed by atoms with Gasteiger partial charge in [0, 0.05) is 5.41 Å². The summed E-state index contributed by atoms with van der Waals surface area (Å²) in [4.78, 5) is 15.8. The molecule has 0 N–H and O–H groups in total. The highest BCUT2D eigenvalue weighted by Crippen LogP contribution is 2.39. The van der Waals surface area contributed by atoms with E-state index < -0.39 is 0 Å². The molecule has 3 nitrogen and oxygen atoms in total. The molecule has 0 fully saturated rings. The molecule has 1 rings (SSSR count). The first kappa shape index (κ1) is 24.2. The monoisotopic (exact) mass is 379 g/mol. The van der Waals surface area contributed by atoms with Gasteiger partial charge in [-0.3, -0.25) is 4.79 Å². The third-order valence-corrected chi connectivity index (χ3v) is 6.59. The normalized spacial score (nSPS) is 16.9.